The van der Waals surface area contributed by atoms with E-state index in [9.17, 15) is 0 Å². The van der Waals surface area contributed by atoms with Crippen LogP contribution in [0.5, 0.6) is 0 Å². The summed E-state index contributed by atoms with van der Waals surface area (Å²) in [6, 6.07) is 12.0. The third kappa shape index (κ3) is 2.38. The standard InChI is InChI=1S/C16H17N5/c1-11-15(19-12(2)20-16(11)17-3)14-9-10-18-21(14)13-7-5-4-6-8-13/h4-10H,1-3H3,(H,17,19,20). The molecule has 106 valence electrons. The average molecular weight is 279 g/mol. The summed E-state index contributed by atoms with van der Waals surface area (Å²) in [6.45, 7) is 3.91. The predicted octanol–water partition coefficient (Wildman–Crippen LogP) is 2.99. The molecule has 0 unspecified atom stereocenters. The van der Waals surface area contributed by atoms with E-state index < -0.39 is 0 Å². The Balaban J connectivity index is 2.19. The molecule has 3 rings (SSSR count). The van der Waals surface area contributed by atoms with Crippen LogP contribution in [0.2, 0.25) is 0 Å². The second-order valence-corrected chi connectivity index (χ2v) is 4.81. The zero-order valence-corrected chi connectivity index (χ0v) is 12.3. The third-order valence-corrected chi connectivity index (χ3v) is 3.38. The highest BCUT2D eigenvalue weighted by Gasteiger charge is 2.15. The van der Waals surface area contributed by atoms with Crippen molar-refractivity contribution >= 4 is 5.82 Å². The molecule has 0 radical (unpaired) electrons. The van der Waals surface area contributed by atoms with Crippen LogP contribution in [0.15, 0.2) is 42.6 Å². The lowest BCUT2D eigenvalue weighted by atomic mass is 10.1. The molecule has 1 aromatic carbocycles. The van der Waals surface area contributed by atoms with E-state index in [0.717, 1.165) is 34.3 Å². The van der Waals surface area contributed by atoms with Gasteiger partial charge in [-0.05, 0) is 32.0 Å². The summed E-state index contributed by atoms with van der Waals surface area (Å²) in [7, 11) is 1.87. The van der Waals surface area contributed by atoms with Crippen molar-refractivity contribution in [3.63, 3.8) is 0 Å². The maximum Gasteiger partial charge on any atom is 0.133 e. The van der Waals surface area contributed by atoms with Crippen LogP contribution in [0.1, 0.15) is 11.4 Å². The lowest BCUT2D eigenvalue weighted by Gasteiger charge is -2.12. The van der Waals surface area contributed by atoms with Gasteiger partial charge in [0, 0.05) is 12.6 Å². The van der Waals surface area contributed by atoms with Crippen molar-refractivity contribution in [2.45, 2.75) is 13.8 Å². The molecule has 0 saturated heterocycles. The zero-order chi connectivity index (χ0) is 14.8. The Morgan fingerprint density at radius 1 is 1.00 bits per heavy atom. The molecule has 3 aromatic rings. The maximum atomic E-state index is 4.60. The van der Waals surface area contributed by atoms with Gasteiger partial charge in [-0.25, -0.2) is 14.6 Å². The molecule has 2 aromatic heterocycles. The van der Waals surface area contributed by atoms with Crippen molar-refractivity contribution in [1.29, 1.82) is 0 Å². The van der Waals surface area contributed by atoms with E-state index in [1.807, 2.05) is 62.0 Å². The minimum Gasteiger partial charge on any atom is -0.373 e. The molecule has 2 heterocycles. The molecule has 5 nitrogen and oxygen atoms in total. The van der Waals surface area contributed by atoms with E-state index in [1.165, 1.54) is 0 Å². The van der Waals surface area contributed by atoms with Gasteiger partial charge < -0.3 is 5.32 Å². The second-order valence-electron chi connectivity index (χ2n) is 4.81. The normalized spacial score (nSPS) is 10.6. The summed E-state index contributed by atoms with van der Waals surface area (Å²) in [5, 5.41) is 7.54. The molecule has 1 N–H and O–H groups in total. The first kappa shape index (κ1) is 13.3. The van der Waals surface area contributed by atoms with Gasteiger partial charge in [-0.15, -0.1) is 0 Å². The van der Waals surface area contributed by atoms with Gasteiger partial charge in [0.05, 0.1) is 23.3 Å². The van der Waals surface area contributed by atoms with Crippen LogP contribution >= 0.6 is 0 Å². The fraction of sp³-hybridized carbons (Fsp3) is 0.188. The van der Waals surface area contributed by atoms with Crippen LogP contribution in [0, 0.1) is 13.8 Å². The molecular weight excluding hydrogens is 262 g/mol. The highest BCUT2D eigenvalue weighted by molar-refractivity contribution is 5.66. The number of hydrogen-bond acceptors (Lipinski definition) is 4. The fourth-order valence-electron chi connectivity index (χ4n) is 2.38. The first-order valence-electron chi connectivity index (χ1n) is 6.83. The Morgan fingerprint density at radius 2 is 1.76 bits per heavy atom. The molecule has 0 saturated carbocycles. The van der Waals surface area contributed by atoms with Gasteiger partial charge in [-0.1, -0.05) is 18.2 Å². The van der Waals surface area contributed by atoms with Gasteiger partial charge in [0.2, 0.25) is 0 Å². The quantitative estimate of drug-likeness (QED) is 0.800. The number of rotatable bonds is 3. The van der Waals surface area contributed by atoms with Crippen molar-refractivity contribution in [2.24, 2.45) is 0 Å². The van der Waals surface area contributed by atoms with Crippen molar-refractivity contribution in [3.05, 3.63) is 54.0 Å². The minimum absolute atomic E-state index is 0.737. The van der Waals surface area contributed by atoms with E-state index in [1.54, 1.807) is 6.20 Å². The minimum atomic E-state index is 0.737. The van der Waals surface area contributed by atoms with E-state index in [2.05, 4.69) is 20.4 Å². The summed E-state index contributed by atoms with van der Waals surface area (Å²) in [6.07, 6.45) is 1.79. The van der Waals surface area contributed by atoms with Crippen LogP contribution in [-0.2, 0) is 0 Å². The first-order chi connectivity index (χ1) is 10.2. The van der Waals surface area contributed by atoms with Crippen molar-refractivity contribution < 1.29 is 0 Å². The van der Waals surface area contributed by atoms with E-state index in [0.29, 0.717) is 0 Å². The predicted molar refractivity (Wildman–Crippen MR) is 83.6 cm³/mol. The van der Waals surface area contributed by atoms with Crippen molar-refractivity contribution in [3.8, 4) is 17.1 Å². The Hall–Kier alpha value is -2.69. The maximum absolute atomic E-state index is 4.60. The Bertz CT molecular complexity index is 762. The highest BCUT2D eigenvalue weighted by Crippen LogP contribution is 2.27. The number of para-hydroxylation sites is 1. The van der Waals surface area contributed by atoms with Crippen molar-refractivity contribution in [2.75, 3.05) is 12.4 Å². The Morgan fingerprint density at radius 3 is 2.48 bits per heavy atom. The zero-order valence-electron chi connectivity index (χ0n) is 12.3. The van der Waals surface area contributed by atoms with Gasteiger partial charge in [0.25, 0.3) is 0 Å². The van der Waals surface area contributed by atoms with Crippen LogP contribution in [0.4, 0.5) is 5.82 Å². The smallest absolute Gasteiger partial charge is 0.133 e. The SMILES string of the molecule is CNc1nc(C)nc(-c2ccnn2-c2ccccc2)c1C. The number of anilines is 1. The number of nitrogens with one attached hydrogen (secondary N) is 1. The number of nitrogens with zero attached hydrogens (tertiary/aromatic N) is 4. The van der Waals surface area contributed by atoms with Gasteiger partial charge in [-0.2, -0.15) is 5.10 Å². The number of aromatic nitrogens is 4. The Kier molecular flexibility index (Phi) is 3.39. The lowest BCUT2D eigenvalue weighted by Crippen LogP contribution is -2.06. The van der Waals surface area contributed by atoms with Gasteiger partial charge >= 0.3 is 0 Å². The molecule has 5 heteroatoms. The summed E-state index contributed by atoms with van der Waals surface area (Å²) in [5.74, 6) is 1.58. The average Bonchev–Trinajstić information content (AvgIpc) is 2.99. The fourth-order valence-corrected chi connectivity index (χ4v) is 2.38. The summed E-state index contributed by atoms with van der Waals surface area (Å²) in [5.41, 5.74) is 3.88. The van der Waals surface area contributed by atoms with Crippen LogP contribution in [0.3, 0.4) is 0 Å². The molecule has 0 bridgehead atoms. The molecule has 0 atom stereocenters. The number of aryl methyl sites for hydroxylation is 1. The van der Waals surface area contributed by atoms with E-state index >= 15 is 0 Å². The lowest BCUT2D eigenvalue weighted by molar-refractivity contribution is 0.879. The topological polar surface area (TPSA) is 55.6 Å². The first-order valence-corrected chi connectivity index (χ1v) is 6.83. The second kappa shape index (κ2) is 5.36. The molecule has 0 amide bonds. The molecule has 0 aliphatic carbocycles. The van der Waals surface area contributed by atoms with Gasteiger partial charge in [0.15, 0.2) is 0 Å². The summed E-state index contributed by atoms with van der Waals surface area (Å²) >= 11 is 0. The summed E-state index contributed by atoms with van der Waals surface area (Å²) in [4.78, 5) is 9.01. The van der Waals surface area contributed by atoms with Crippen LogP contribution < -0.4 is 5.32 Å². The van der Waals surface area contributed by atoms with Crippen LogP contribution in [-0.4, -0.2) is 26.8 Å². The number of benzene rings is 1. The molecular formula is C16H17N5. The largest absolute Gasteiger partial charge is 0.373 e. The van der Waals surface area contributed by atoms with E-state index in [4.69, 9.17) is 0 Å². The van der Waals surface area contributed by atoms with Gasteiger partial charge in [0.1, 0.15) is 11.6 Å². The molecule has 0 spiro atoms. The highest BCUT2D eigenvalue weighted by atomic mass is 15.3. The molecule has 21 heavy (non-hydrogen) atoms. The molecule has 0 fully saturated rings. The van der Waals surface area contributed by atoms with Gasteiger partial charge in [-0.3, -0.25) is 0 Å². The monoisotopic (exact) mass is 279 g/mol. The molecule has 0 aliphatic rings. The Labute approximate surface area is 123 Å². The summed E-state index contributed by atoms with van der Waals surface area (Å²) < 4.78 is 1.90. The number of hydrogen-bond donors (Lipinski definition) is 1. The van der Waals surface area contributed by atoms with Crippen LogP contribution in [0.25, 0.3) is 17.1 Å². The van der Waals surface area contributed by atoms with Crippen molar-refractivity contribution in [1.82, 2.24) is 19.7 Å². The molecule has 0 aliphatic heterocycles. The van der Waals surface area contributed by atoms with E-state index in [-0.39, 0.29) is 0 Å². The third-order valence-electron chi connectivity index (χ3n) is 3.38.